The fourth-order valence-corrected chi connectivity index (χ4v) is 10.4. The maximum atomic E-state index is 13.6. The van der Waals surface area contributed by atoms with Gasteiger partial charge in [-0.05, 0) is 129 Å². The summed E-state index contributed by atoms with van der Waals surface area (Å²) in [5.41, 5.74) is 4.72. The van der Waals surface area contributed by atoms with Gasteiger partial charge in [0.15, 0.2) is 0 Å². The number of rotatable bonds is 3. The molecule has 3 aromatic rings. The molecule has 5 atom stereocenters. The molecule has 2 N–H and O–H groups in total. The molecule has 0 saturated heterocycles. The Morgan fingerprint density at radius 2 is 1.85 bits per heavy atom. The maximum absolute atomic E-state index is 13.6. The highest BCUT2D eigenvalue weighted by Crippen LogP contribution is 2.47. The van der Waals surface area contributed by atoms with Crippen molar-refractivity contribution in [2.75, 3.05) is 38.2 Å². The number of nitrogens with one attached hydrogen (secondary N) is 1. The van der Waals surface area contributed by atoms with Crippen LogP contribution in [0, 0.1) is 17.8 Å². The van der Waals surface area contributed by atoms with Crippen molar-refractivity contribution in [3.63, 3.8) is 0 Å². The number of aromatic nitrogens is 1. The van der Waals surface area contributed by atoms with Crippen molar-refractivity contribution in [3.05, 3.63) is 81.5 Å². The molecule has 4 heterocycles. The molecular formula is C41H53ClN4O6S. The van der Waals surface area contributed by atoms with Gasteiger partial charge in [0.1, 0.15) is 12.4 Å². The monoisotopic (exact) mass is 764 g/mol. The summed E-state index contributed by atoms with van der Waals surface area (Å²) >= 11 is 6.39. The van der Waals surface area contributed by atoms with Crippen LogP contribution in [0.1, 0.15) is 91.4 Å². The van der Waals surface area contributed by atoms with Crippen LogP contribution >= 0.6 is 11.6 Å². The Balaban J connectivity index is 1.23. The number of sulfonamides is 1. The molecule has 53 heavy (non-hydrogen) atoms. The highest BCUT2D eigenvalue weighted by Gasteiger charge is 2.48. The Morgan fingerprint density at radius 3 is 2.64 bits per heavy atom. The van der Waals surface area contributed by atoms with Crippen LogP contribution in [0.5, 0.6) is 11.6 Å². The number of carbonyl (C=O) groups excluding carboxylic acids is 1. The zero-order valence-electron chi connectivity index (χ0n) is 31.2. The third-order valence-corrected chi connectivity index (χ3v) is 14.6. The van der Waals surface area contributed by atoms with Gasteiger partial charge in [0.2, 0.25) is 15.9 Å². The number of amides is 1. The van der Waals surface area contributed by atoms with Crippen molar-refractivity contribution in [2.45, 2.75) is 95.6 Å². The average molecular weight is 765 g/mol. The predicted octanol–water partition coefficient (Wildman–Crippen LogP) is 6.55. The highest BCUT2D eigenvalue weighted by molar-refractivity contribution is 7.90. The number of halogens is 1. The van der Waals surface area contributed by atoms with Crippen molar-refractivity contribution >= 4 is 33.2 Å². The van der Waals surface area contributed by atoms with Crippen molar-refractivity contribution in [3.8, 4) is 11.6 Å². The fourth-order valence-electron chi connectivity index (χ4n) is 8.90. The van der Waals surface area contributed by atoms with Gasteiger partial charge < -0.3 is 19.5 Å². The molecule has 10 nitrogen and oxygen atoms in total. The van der Waals surface area contributed by atoms with E-state index in [-0.39, 0.29) is 23.3 Å². The van der Waals surface area contributed by atoms with Crippen molar-refractivity contribution in [1.82, 2.24) is 14.6 Å². The van der Waals surface area contributed by atoms with E-state index in [4.69, 9.17) is 21.1 Å². The van der Waals surface area contributed by atoms with Crippen molar-refractivity contribution in [1.29, 1.82) is 0 Å². The van der Waals surface area contributed by atoms with Gasteiger partial charge >= 0.3 is 0 Å². The van der Waals surface area contributed by atoms with E-state index in [1.165, 1.54) is 16.7 Å². The van der Waals surface area contributed by atoms with Crippen LogP contribution in [0.3, 0.4) is 0 Å². The summed E-state index contributed by atoms with van der Waals surface area (Å²) < 4.78 is 41.5. The third-order valence-electron chi connectivity index (χ3n) is 12.5. The molecule has 0 unspecified atom stereocenters. The maximum Gasteiger partial charge on any atom is 0.264 e. The summed E-state index contributed by atoms with van der Waals surface area (Å²) in [6.07, 6.45) is 9.30. The second kappa shape index (κ2) is 15.8. The minimum absolute atomic E-state index is 0.0701. The topological polar surface area (TPSA) is 121 Å². The van der Waals surface area contributed by atoms with E-state index in [1.54, 1.807) is 32.2 Å². The van der Waals surface area contributed by atoms with Gasteiger partial charge in [-0.1, -0.05) is 31.0 Å². The first-order chi connectivity index (χ1) is 25.4. The first kappa shape index (κ1) is 37.9. The molecule has 1 aliphatic carbocycles. The van der Waals surface area contributed by atoms with Gasteiger partial charge in [-0.15, -0.1) is 0 Å². The smallest absolute Gasteiger partial charge is 0.264 e. The van der Waals surface area contributed by atoms with Gasteiger partial charge in [-0.2, -0.15) is 0 Å². The second-order valence-electron chi connectivity index (χ2n) is 15.8. The standard InChI is InChI=1S/C41H53ClN4O6S/c1-27-7-6-16-41(48,26-45-18-15-31-22-43-39(51-3)21-34(31)23-45)36-13-10-32(36)24-46-17-5-4-8-29-19-35(42)12-9-33(29)25-52-38-14-11-30(20-37(38)46)40(47)44-53(49,50)28(27)2/h9,11-12,14,19-22,27-28,32,36,48H,4-8,10,13,15-18,23-26H2,1-3H3,(H,44,47)/t27-,28+,32-,36+,41+/m0/s1. The second-order valence-corrected chi connectivity index (χ2v) is 18.3. The molecule has 7 rings (SSSR count). The van der Waals surface area contributed by atoms with E-state index >= 15 is 0 Å². The lowest BCUT2D eigenvalue weighted by molar-refractivity contribution is -0.107. The Hall–Kier alpha value is -3.38. The van der Waals surface area contributed by atoms with Crippen LogP contribution in [0.4, 0.5) is 5.69 Å². The van der Waals surface area contributed by atoms with Crippen LogP contribution in [-0.4, -0.2) is 73.5 Å². The quantitative estimate of drug-likeness (QED) is 0.306. The number of carbonyl (C=O) groups is 1. The largest absolute Gasteiger partial charge is 0.487 e. The summed E-state index contributed by atoms with van der Waals surface area (Å²) in [7, 11) is -2.34. The number of benzene rings is 2. The summed E-state index contributed by atoms with van der Waals surface area (Å²) in [5.74, 6) is 0.681. The van der Waals surface area contributed by atoms with Crippen LogP contribution in [0.15, 0.2) is 48.7 Å². The lowest BCUT2D eigenvalue weighted by atomic mass is 9.62. The first-order valence-electron chi connectivity index (χ1n) is 19.2. The first-order valence-corrected chi connectivity index (χ1v) is 21.2. The molecule has 286 valence electrons. The summed E-state index contributed by atoms with van der Waals surface area (Å²) in [6, 6.07) is 13.2. The number of nitrogens with zero attached hydrogens (tertiary/aromatic N) is 3. The molecule has 1 amide bonds. The van der Waals surface area contributed by atoms with E-state index in [0.29, 0.717) is 62.2 Å². The Bertz CT molecular complexity index is 1930. The Morgan fingerprint density at radius 1 is 1.00 bits per heavy atom. The normalized spacial score (nSPS) is 28.1. The van der Waals surface area contributed by atoms with E-state index in [0.717, 1.165) is 62.9 Å². The van der Waals surface area contributed by atoms with Crippen molar-refractivity contribution < 1.29 is 27.8 Å². The van der Waals surface area contributed by atoms with Gasteiger partial charge in [0.05, 0.1) is 23.6 Å². The highest BCUT2D eigenvalue weighted by atomic mass is 35.5. The summed E-state index contributed by atoms with van der Waals surface area (Å²) in [6.45, 7) is 7.45. The lowest BCUT2D eigenvalue weighted by Crippen LogP contribution is -2.56. The zero-order valence-corrected chi connectivity index (χ0v) is 32.7. The summed E-state index contributed by atoms with van der Waals surface area (Å²) in [5, 5.41) is 12.8. The number of hydrogen-bond acceptors (Lipinski definition) is 9. The van der Waals surface area contributed by atoms with Crippen molar-refractivity contribution in [2.24, 2.45) is 17.8 Å². The zero-order chi connectivity index (χ0) is 37.3. The van der Waals surface area contributed by atoms with E-state index in [1.807, 2.05) is 37.4 Å². The van der Waals surface area contributed by atoms with Crippen LogP contribution in [0.25, 0.3) is 0 Å². The number of pyridine rings is 1. The van der Waals surface area contributed by atoms with Crippen LogP contribution in [0.2, 0.25) is 5.02 Å². The van der Waals surface area contributed by atoms with E-state index in [2.05, 4.69) is 19.5 Å². The molecular weight excluding hydrogens is 712 g/mol. The third kappa shape index (κ3) is 8.33. The molecule has 2 bridgehead atoms. The number of aliphatic hydroxyl groups is 1. The Kier molecular flexibility index (Phi) is 11.3. The molecule has 2 aromatic carbocycles. The molecule has 1 fully saturated rings. The number of fused-ring (bicyclic) bond motifs is 4. The molecule has 12 heteroatoms. The van der Waals surface area contributed by atoms with Gasteiger partial charge in [-0.25, -0.2) is 18.1 Å². The van der Waals surface area contributed by atoms with Crippen LogP contribution in [-0.2, 0) is 36.0 Å². The fraction of sp³-hybridized carbons (Fsp3) is 0.561. The average Bonchev–Trinajstić information content (AvgIpc) is 3.15. The van der Waals surface area contributed by atoms with Gasteiger partial charge in [0, 0.05) is 55.6 Å². The summed E-state index contributed by atoms with van der Waals surface area (Å²) in [4.78, 5) is 22.7. The predicted molar refractivity (Wildman–Crippen MR) is 207 cm³/mol. The number of hydrogen-bond donors (Lipinski definition) is 2. The lowest BCUT2D eigenvalue weighted by Gasteiger charge is -2.51. The Labute approximate surface area is 319 Å². The number of ether oxygens (including phenoxy) is 2. The molecule has 1 saturated carbocycles. The molecule has 1 aromatic heterocycles. The number of β-amino-alcohol motifs (C(OH)–C–C–N with tert-alkyl or cyclic N) is 1. The minimum Gasteiger partial charge on any atom is -0.487 e. The number of aryl methyl sites for hydroxylation is 1. The van der Waals surface area contributed by atoms with E-state index < -0.39 is 26.8 Å². The number of methoxy groups -OCH3 is 1. The molecule has 3 aliphatic heterocycles. The van der Waals surface area contributed by atoms with Gasteiger partial charge in [-0.3, -0.25) is 9.69 Å². The van der Waals surface area contributed by atoms with Gasteiger partial charge in [0.25, 0.3) is 5.91 Å². The number of anilines is 1. The molecule has 4 aliphatic rings. The molecule has 0 spiro atoms. The van der Waals surface area contributed by atoms with E-state index in [9.17, 15) is 18.3 Å². The minimum atomic E-state index is -3.97. The SMILES string of the molecule is COc1cc2c(cn1)CCN(C[C@]1(O)CCC[C@H](C)[C@@H](C)S(=O)(=O)NC(=O)c3ccc4c(c3)N(CCCCc3cc(Cl)ccc3CO4)C[C@@H]3CC[C@H]31)C2. The van der Waals surface area contributed by atoms with Crippen LogP contribution < -0.4 is 19.1 Å². The molecule has 0 radical (unpaired) electrons.